The number of carbonyl (C=O) groups excluding carboxylic acids is 2. The van der Waals surface area contributed by atoms with Crippen molar-refractivity contribution >= 4 is 11.9 Å². The molecular formula is C16H21NO4. The van der Waals surface area contributed by atoms with Crippen LogP contribution in [0.15, 0.2) is 30.3 Å². The molecule has 0 aromatic heterocycles. The molecule has 21 heavy (non-hydrogen) atoms. The number of amides is 1. The molecule has 1 atom stereocenters. The molecule has 0 bridgehead atoms. The van der Waals surface area contributed by atoms with Crippen molar-refractivity contribution in [3.63, 3.8) is 0 Å². The van der Waals surface area contributed by atoms with E-state index in [1.54, 1.807) is 11.8 Å². The molecule has 1 aromatic rings. The van der Waals surface area contributed by atoms with E-state index in [9.17, 15) is 9.59 Å². The van der Waals surface area contributed by atoms with Gasteiger partial charge in [0.2, 0.25) is 0 Å². The van der Waals surface area contributed by atoms with Crippen LogP contribution in [0.2, 0.25) is 0 Å². The lowest BCUT2D eigenvalue weighted by molar-refractivity contribution is -0.161. The Kier molecular flexibility index (Phi) is 5.75. The third-order valence-corrected chi connectivity index (χ3v) is 3.47. The van der Waals surface area contributed by atoms with Gasteiger partial charge in [-0.2, -0.15) is 0 Å². The predicted octanol–water partition coefficient (Wildman–Crippen LogP) is 1.76. The van der Waals surface area contributed by atoms with Crippen LogP contribution in [-0.4, -0.2) is 42.6 Å². The molecule has 1 unspecified atom stereocenters. The zero-order chi connectivity index (χ0) is 15.1. The predicted molar refractivity (Wildman–Crippen MR) is 77.5 cm³/mol. The van der Waals surface area contributed by atoms with Gasteiger partial charge >= 0.3 is 5.97 Å². The molecule has 2 rings (SSSR count). The fourth-order valence-electron chi connectivity index (χ4n) is 2.17. The van der Waals surface area contributed by atoms with Crippen molar-refractivity contribution in [3.8, 4) is 0 Å². The lowest BCUT2D eigenvalue weighted by Crippen LogP contribution is -2.34. The standard InChI is InChI=1S/C16H21NO4/c1-13(20-11-14-7-3-2-4-8-14)16(19)21-12-15(18)17-9-5-6-10-17/h2-4,7-8,13H,5-6,9-12H2,1H3. The third-order valence-electron chi connectivity index (χ3n) is 3.47. The summed E-state index contributed by atoms with van der Waals surface area (Å²) in [4.78, 5) is 25.3. The van der Waals surface area contributed by atoms with E-state index >= 15 is 0 Å². The summed E-state index contributed by atoms with van der Waals surface area (Å²) in [5, 5.41) is 0. The Balaban J connectivity index is 1.68. The number of benzene rings is 1. The molecule has 0 aliphatic carbocycles. The Hall–Kier alpha value is -1.88. The average molecular weight is 291 g/mol. The van der Waals surface area contributed by atoms with E-state index in [0.717, 1.165) is 31.5 Å². The van der Waals surface area contributed by atoms with Gasteiger partial charge in [-0.05, 0) is 25.3 Å². The van der Waals surface area contributed by atoms with E-state index in [1.165, 1.54) is 0 Å². The number of nitrogens with zero attached hydrogens (tertiary/aromatic N) is 1. The van der Waals surface area contributed by atoms with Crippen LogP contribution in [0.25, 0.3) is 0 Å². The molecule has 0 N–H and O–H groups in total. The van der Waals surface area contributed by atoms with Gasteiger partial charge in [0, 0.05) is 13.1 Å². The van der Waals surface area contributed by atoms with Gasteiger partial charge in [-0.15, -0.1) is 0 Å². The molecule has 1 heterocycles. The van der Waals surface area contributed by atoms with Gasteiger partial charge in [-0.3, -0.25) is 4.79 Å². The first kappa shape index (κ1) is 15.5. The molecule has 1 aliphatic rings. The van der Waals surface area contributed by atoms with Crippen LogP contribution in [0.3, 0.4) is 0 Å². The zero-order valence-electron chi connectivity index (χ0n) is 12.3. The number of ether oxygens (including phenoxy) is 2. The summed E-state index contributed by atoms with van der Waals surface area (Å²) in [5.41, 5.74) is 0.991. The van der Waals surface area contributed by atoms with Crippen molar-refractivity contribution in [2.75, 3.05) is 19.7 Å². The Morgan fingerprint density at radius 3 is 2.52 bits per heavy atom. The zero-order valence-corrected chi connectivity index (χ0v) is 12.3. The number of likely N-dealkylation sites (tertiary alicyclic amines) is 1. The van der Waals surface area contributed by atoms with E-state index in [1.807, 2.05) is 30.3 Å². The molecule has 5 heteroatoms. The highest BCUT2D eigenvalue weighted by atomic mass is 16.6. The Morgan fingerprint density at radius 1 is 1.19 bits per heavy atom. The highest BCUT2D eigenvalue weighted by Gasteiger charge is 2.21. The summed E-state index contributed by atoms with van der Waals surface area (Å²) < 4.78 is 10.5. The minimum Gasteiger partial charge on any atom is -0.454 e. The molecule has 1 fully saturated rings. The maximum absolute atomic E-state index is 11.8. The molecule has 1 amide bonds. The first-order chi connectivity index (χ1) is 10.2. The van der Waals surface area contributed by atoms with Gasteiger partial charge in [-0.25, -0.2) is 4.79 Å². The molecular weight excluding hydrogens is 270 g/mol. The van der Waals surface area contributed by atoms with Crippen LogP contribution in [0.5, 0.6) is 0 Å². The van der Waals surface area contributed by atoms with Crippen LogP contribution in [0, 0.1) is 0 Å². The number of esters is 1. The van der Waals surface area contributed by atoms with Crippen LogP contribution in [0.1, 0.15) is 25.3 Å². The Bertz CT molecular complexity index is 468. The summed E-state index contributed by atoms with van der Waals surface area (Å²) in [6.45, 7) is 3.30. The first-order valence-corrected chi connectivity index (χ1v) is 7.27. The second-order valence-corrected chi connectivity index (χ2v) is 5.13. The van der Waals surface area contributed by atoms with E-state index in [2.05, 4.69) is 0 Å². The summed E-state index contributed by atoms with van der Waals surface area (Å²) in [5.74, 6) is -0.630. The minimum absolute atomic E-state index is 0.129. The maximum atomic E-state index is 11.8. The largest absolute Gasteiger partial charge is 0.454 e. The highest BCUT2D eigenvalue weighted by molar-refractivity contribution is 5.82. The molecule has 5 nitrogen and oxygen atoms in total. The monoisotopic (exact) mass is 291 g/mol. The maximum Gasteiger partial charge on any atom is 0.335 e. The van der Waals surface area contributed by atoms with Gasteiger partial charge in [0.05, 0.1) is 6.61 Å². The normalized spacial score (nSPS) is 15.8. The topological polar surface area (TPSA) is 55.8 Å². The van der Waals surface area contributed by atoms with Crippen molar-refractivity contribution in [3.05, 3.63) is 35.9 Å². The van der Waals surface area contributed by atoms with Crippen LogP contribution in [0.4, 0.5) is 0 Å². The van der Waals surface area contributed by atoms with E-state index in [4.69, 9.17) is 9.47 Å². The molecule has 1 aliphatic heterocycles. The second-order valence-electron chi connectivity index (χ2n) is 5.13. The molecule has 1 aromatic carbocycles. The quantitative estimate of drug-likeness (QED) is 0.749. The van der Waals surface area contributed by atoms with Crippen molar-refractivity contribution in [1.29, 1.82) is 0 Å². The SMILES string of the molecule is CC(OCc1ccccc1)C(=O)OCC(=O)N1CCCC1. The fourth-order valence-corrected chi connectivity index (χ4v) is 2.17. The van der Waals surface area contributed by atoms with Crippen LogP contribution >= 0.6 is 0 Å². The number of rotatable bonds is 6. The van der Waals surface area contributed by atoms with Crippen LogP contribution < -0.4 is 0 Å². The lowest BCUT2D eigenvalue weighted by Gasteiger charge is -2.16. The van der Waals surface area contributed by atoms with E-state index in [-0.39, 0.29) is 12.5 Å². The van der Waals surface area contributed by atoms with E-state index in [0.29, 0.717) is 6.61 Å². The minimum atomic E-state index is -0.684. The molecule has 0 radical (unpaired) electrons. The van der Waals surface area contributed by atoms with Gasteiger partial charge in [0.15, 0.2) is 12.7 Å². The lowest BCUT2D eigenvalue weighted by atomic mass is 10.2. The van der Waals surface area contributed by atoms with Gasteiger partial charge in [-0.1, -0.05) is 30.3 Å². The average Bonchev–Trinajstić information content (AvgIpc) is 3.05. The summed E-state index contributed by atoms with van der Waals surface area (Å²) >= 11 is 0. The van der Waals surface area contributed by atoms with Gasteiger partial charge in [0.1, 0.15) is 0 Å². The Morgan fingerprint density at radius 2 is 1.86 bits per heavy atom. The second kappa shape index (κ2) is 7.78. The summed E-state index contributed by atoms with van der Waals surface area (Å²) in [7, 11) is 0. The smallest absolute Gasteiger partial charge is 0.335 e. The first-order valence-electron chi connectivity index (χ1n) is 7.27. The number of carbonyl (C=O) groups is 2. The van der Waals surface area contributed by atoms with Gasteiger partial charge in [0.25, 0.3) is 5.91 Å². The molecule has 0 saturated carbocycles. The van der Waals surface area contributed by atoms with Crippen molar-refractivity contribution in [1.82, 2.24) is 4.90 Å². The molecule has 0 spiro atoms. The van der Waals surface area contributed by atoms with Gasteiger partial charge < -0.3 is 14.4 Å². The number of hydrogen-bond donors (Lipinski definition) is 0. The summed E-state index contributed by atoms with van der Waals surface area (Å²) in [6, 6.07) is 9.60. The van der Waals surface area contributed by atoms with Crippen LogP contribution in [-0.2, 0) is 25.7 Å². The molecule has 114 valence electrons. The van der Waals surface area contributed by atoms with Crippen molar-refractivity contribution < 1.29 is 19.1 Å². The Labute approximate surface area is 124 Å². The van der Waals surface area contributed by atoms with Crippen molar-refractivity contribution in [2.24, 2.45) is 0 Å². The molecule has 1 saturated heterocycles. The summed E-state index contributed by atoms with van der Waals surface area (Å²) in [6.07, 6.45) is 1.36. The highest BCUT2D eigenvalue weighted by Crippen LogP contribution is 2.08. The van der Waals surface area contributed by atoms with E-state index < -0.39 is 12.1 Å². The number of hydrogen-bond acceptors (Lipinski definition) is 4. The van der Waals surface area contributed by atoms with Crippen molar-refractivity contribution in [2.45, 2.75) is 32.5 Å². The fraction of sp³-hybridized carbons (Fsp3) is 0.500. The third kappa shape index (κ3) is 4.86.